The summed E-state index contributed by atoms with van der Waals surface area (Å²) < 4.78 is 23.2. The molecule has 1 atom stereocenters. The summed E-state index contributed by atoms with van der Waals surface area (Å²) in [6, 6.07) is 19.1. The molecule has 1 heterocycles. The van der Waals surface area contributed by atoms with Crippen LogP contribution < -0.4 is 5.32 Å². The van der Waals surface area contributed by atoms with Crippen LogP contribution in [0.2, 0.25) is 0 Å². The maximum absolute atomic E-state index is 12.5. The largest absolute Gasteiger partial charge is 0.345 e. The van der Waals surface area contributed by atoms with E-state index in [-0.39, 0.29) is 23.5 Å². The zero-order chi connectivity index (χ0) is 16.3. The van der Waals surface area contributed by atoms with Crippen molar-refractivity contribution in [2.75, 3.05) is 11.5 Å². The van der Waals surface area contributed by atoms with Crippen molar-refractivity contribution < 1.29 is 13.2 Å². The Labute approximate surface area is 136 Å². The highest BCUT2D eigenvalue weighted by Gasteiger charge is 2.34. The van der Waals surface area contributed by atoms with Crippen LogP contribution in [0.5, 0.6) is 0 Å². The van der Waals surface area contributed by atoms with Crippen molar-refractivity contribution in [1.29, 1.82) is 0 Å². The summed E-state index contributed by atoms with van der Waals surface area (Å²) in [5, 5.41) is 3.03. The van der Waals surface area contributed by atoms with E-state index in [9.17, 15) is 13.2 Å². The van der Waals surface area contributed by atoms with Gasteiger partial charge in [-0.15, -0.1) is 0 Å². The van der Waals surface area contributed by atoms with Crippen molar-refractivity contribution >= 4 is 15.7 Å². The SMILES string of the molecule is O=C(NC(c1ccccc1)c1ccccc1)[C@H]1CCS(=O)(=O)C1. The Bertz CT molecular complexity index is 733. The molecule has 0 spiro atoms. The van der Waals surface area contributed by atoms with Gasteiger partial charge in [-0.25, -0.2) is 8.42 Å². The van der Waals surface area contributed by atoms with Crippen LogP contribution in [0.4, 0.5) is 0 Å². The Morgan fingerprint density at radius 1 is 0.957 bits per heavy atom. The van der Waals surface area contributed by atoms with Gasteiger partial charge in [-0.2, -0.15) is 0 Å². The molecule has 2 aromatic carbocycles. The van der Waals surface area contributed by atoms with E-state index >= 15 is 0 Å². The molecule has 0 aliphatic carbocycles. The lowest BCUT2D eigenvalue weighted by Gasteiger charge is -2.21. The number of carbonyl (C=O) groups is 1. The lowest BCUT2D eigenvalue weighted by atomic mass is 9.97. The Morgan fingerprint density at radius 3 is 1.91 bits per heavy atom. The van der Waals surface area contributed by atoms with E-state index in [1.165, 1.54) is 0 Å². The van der Waals surface area contributed by atoms with Gasteiger partial charge in [0.15, 0.2) is 9.84 Å². The zero-order valence-corrected chi connectivity index (χ0v) is 13.5. The second kappa shape index (κ2) is 6.54. The Morgan fingerprint density at radius 2 is 1.48 bits per heavy atom. The Hall–Kier alpha value is -2.14. The monoisotopic (exact) mass is 329 g/mol. The fraction of sp³-hybridized carbons (Fsp3) is 0.278. The third-order valence-corrected chi connectivity index (χ3v) is 5.92. The van der Waals surface area contributed by atoms with Gasteiger partial charge < -0.3 is 5.32 Å². The number of hydrogen-bond acceptors (Lipinski definition) is 3. The van der Waals surface area contributed by atoms with Crippen molar-refractivity contribution in [3.05, 3.63) is 71.8 Å². The molecule has 0 saturated carbocycles. The van der Waals surface area contributed by atoms with Crippen LogP contribution in [0.3, 0.4) is 0 Å². The fourth-order valence-electron chi connectivity index (χ4n) is 2.91. The smallest absolute Gasteiger partial charge is 0.224 e. The second-order valence-electron chi connectivity index (χ2n) is 5.86. The van der Waals surface area contributed by atoms with Gasteiger partial charge in [0.25, 0.3) is 0 Å². The molecule has 0 bridgehead atoms. The minimum absolute atomic E-state index is 0.0465. The molecule has 1 saturated heterocycles. The predicted molar refractivity (Wildman–Crippen MR) is 89.6 cm³/mol. The van der Waals surface area contributed by atoms with Crippen LogP contribution in [0.15, 0.2) is 60.7 Å². The van der Waals surface area contributed by atoms with E-state index in [2.05, 4.69) is 5.32 Å². The lowest BCUT2D eigenvalue weighted by Crippen LogP contribution is -2.35. The van der Waals surface area contributed by atoms with Gasteiger partial charge in [0, 0.05) is 0 Å². The van der Waals surface area contributed by atoms with Gasteiger partial charge in [-0.1, -0.05) is 60.7 Å². The Kier molecular flexibility index (Phi) is 4.48. The molecule has 23 heavy (non-hydrogen) atoms. The number of sulfone groups is 1. The van der Waals surface area contributed by atoms with Crippen LogP contribution in [0, 0.1) is 5.92 Å². The molecule has 1 N–H and O–H groups in total. The van der Waals surface area contributed by atoms with Gasteiger partial charge in [0.2, 0.25) is 5.91 Å². The summed E-state index contributed by atoms with van der Waals surface area (Å²) in [5.41, 5.74) is 1.96. The number of rotatable bonds is 4. The third-order valence-electron chi connectivity index (χ3n) is 4.16. The maximum Gasteiger partial charge on any atom is 0.224 e. The predicted octanol–water partition coefficient (Wildman–Crippen LogP) is 2.33. The maximum atomic E-state index is 12.5. The summed E-state index contributed by atoms with van der Waals surface area (Å²) in [6.07, 6.45) is 0.407. The topological polar surface area (TPSA) is 63.2 Å². The molecular formula is C18H19NO3S. The molecule has 0 unspecified atom stereocenters. The van der Waals surface area contributed by atoms with E-state index < -0.39 is 15.8 Å². The van der Waals surface area contributed by atoms with Crippen molar-refractivity contribution in [2.45, 2.75) is 12.5 Å². The first-order valence-electron chi connectivity index (χ1n) is 7.66. The van der Waals surface area contributed by atoms with Crippen LogP contribution in [0.1, 0.15) is 23.6 Å². The van der Waals surface area contributed by atoms with Crippen molar-refractivity contribution in [2.24, 2.45) is 5.92 Å². The molecule has 4 nitrogen and oxygen atoms in total. The molecule has 1 fully saturated rings. The van der Waals surface area contributed by atoms with E-state index in [1.807, 2.05) is 60.7 Å². The molecule has 5 heteroatoms. The van der Waals surface area contributed by atoms with Gasteiger partial charge in [-0.3, -0.25) is 4.79 Å². The molecule has 3 rings (SSSR count). The van der Waals surface area contributed by atoms with Crippen LogP contribution in [0.25, 0.3) is 0 Å². The molecular weight excluding hydrogens is 310 g/mol. The minimum Gasteiger partial charge on any atom is -0.345 e. The first-order chi connectivity index (χ1) is 11.1. The second-order valence-corrected chi connectivity index (χ2v) is 8.09. The van der Waals surface area contributed by atoms with Gasteiger partial charge in [0.1, 0.15) is 0 Å². The van der Waals surface area contributed by atoms with Crippen molar-refractivity contribution in [3.63, 3.8) is 0 Å². The number of hydrogen-bond donors (Lipinski definition) is 1. The molecule has 0 aromatic heterocycles. The lowest BCUT2D eigenvalue weighted by molar-refractivity contribution is -0.124. The third kappa shape index (κ3) is 3.79. The summed E-state index contributed by atoms with van der Waals surface area (Å²) in [4.78, 5) is 12.5. The summed E-state index contributed by atoms with van der Waals surface area (Å²) >= 11 is 0. The van der Waals surface area contributed by atoms with Crippen LogP contribution >= 0.6 is 0 Å². The van der Waals surface area contributed by atoms with Crippen molar-refractivity contribution in [3.8, 4) is 0 Å². The number of benzene rings is 2. The van der Waals surface area contributed by atoms with E-state index in [4.69, 9.17) is 0 Å². The molecule has 0 radical (unpaired) electrons. The molecule has 2 aromatic rings. The van der Waals surface area contributed by atoms with Gasteiger partial charge >= 0.3 is 0 Å². The molecule has 120 valence electrons. The number of carbonyl (C=O) groups excluding carboxylic acids is 1. The molecule has 1 aliphatic rings. The summed E-state index contributed by atoms with van der Waals surface area (Å²) in [6.45, 7) is 0. The first kappa shape index (κ1) is 15.7. The zero-order valence-electron chi connectivity index (χ0n) is 12.7. The Balaban J connectivity index is 1.84. The van der Waals surface area contributed by atoms with Gasteiger partial charge in [-0.05, 0) is 17.5 Å². The van der Waals surface area contributed by atoms with Gasteiger partial charge in [0.05, 0.1) is 23.5 Å². The summed E-state index contributed by atoms with van der Waals surface area (Å²) in [5.74, 6) is -0.583. The summed E-state index contributed by atoms with van der Waals surface area (Å²) in [7, 11) is -3.07. The number of nitrogens with one attached hydrogen (secondary N) is 1. The molecule has 1 aliphatic heterocycles. The normalized spacial score (nSPS) is 19.6. The highest BCUT2D eigenvalue weighted by atomic mass is 32.2. The molecule has 1 amide bonds. The standard InChI is InChI=1S/C18H19NO3S/c20-18(16-11-12-23(21,22)13-16)19-17(14-7-3-1-4-8-14)15-9-5-2-6-10-15/h1-10,16-17H,11-13H2,(H,19,20)/t16-/m0/s1. The number of amides is 1. The highest BCUT2D eigenvalue weighted by molar-refractivity contribution is 7.91. The fourth-order valence-corrected chi connectivity index (χ4v) is 4.65. The van der Waals surface area contributed by atoms with E-state index in [0.29, 0.717) is 6.42 Å². The van der Waals surface area contributed by atoms with E-state index in [0.717, 1.165) is 11.1 Å². The van der Waals surface area contributed by atoms with Crippen LogP contribution in [-0.4, -0.2) is 25.8 Å². The van der Waals surface area contributed by atoms with Crippen molar-refractivity contribution in [1.82, 2.24) is 5.32 Å². The average Bonchev–Trinajstić information content (AvgIpc) is 2.94. The minimum atomic E-state index is -3.07. The quantitative estimate of drug-likeness (QED) is 0.936. The van der Waals surface area contributed by atoms with Crippen LogP contribution in [-0.2, 0) is 14.6 Å². The average molecular weight is 329 g/mol. The highest BCUT2D eigenvalue weighted by Crippen LogP contribution is 2.24. The van der Waals surface area contributed by atoms with E-state index in [1.54, 1.807) is 0 Å². The first-order valence-corrected chi connectivity index (χ1v) is 9.48.